The quantitative estimate of drug-likeness (QED) is 0.716. The van der Waals surface area contributed by atoms with Crippen molar-refractivity contribution in [3.8, 4) is 0 Å². The molecule has 0 spiro atoms. The first-order valence-corrected chi connectivity index (χ1v) is 6.25. The Balaban J connectivity index is 1.55. The van der Waals surface area contributed by atoms with Gasteiger partial charge in [0, 0.05) is 18.7 Å². The van der Waals surface area contributed by atoms with Crippen LogP contribution in [0, 0.1) is 17.8 Å². The summed E-state index contributed by atoms with van der Waals surface area (Å²) >= 11 is 0. The normalized spacial score (nSPS) is 50.8. The van der Waals surface area contributed by atoms with E-state index in [1.807, 2.05) is 0 Å². The van der Waals surface area contributed by atoms with Gasteiger partial charge < -0.3 is 10.4 Å². The average Bonchev–Trinajstić information content (AvgIpc) is 2.68. The first-order valence-electron chi connectivity index (χ1n) is 6.25. The molecule has 5 atom stereocenters. The van der Waals surface area contributed by atoms with E-state index >= 15 is 0 Å². The highest BCUT2D eigenvalue weighted by atomic mass is 16.3. The zero-order valence-electron chi connectivity index (χ0n) is 8.78. The molecule has 3 aliphatic rings. The van der Waals surface area contributed by atoms with E-state index in [4.69, 9.17) is 0 Å². The van der Waals surface area contributed by atoms with Gasteiger partial charge in [-0.3, -0.25) is 0 Å². The molecule has 2 heteroatoms. The van der Waals surface area contributed by atoms with Gasteiger partial charge in [-0.2, -0.15) is 0 Å². The predicted molar refractivity (Wildman–Crippen MR) is 56.0 cm³/mol. The van der Waals surface area contributed by atoms with Gasteiger partial charge in [0.25, 0.3) is 0 Å². The second kappa shape index (κ2) is 3.49. The second-order valence-electron chi connectivity index (χ2n) is 5.49. The molecule has 0 saturated heterocycles. The maximum absolute atomic E-state index is 9.25. The molecule has 3 aliphatic carbocycles. The van der Waals surface area contributed by atoms with E-state index in [0.29, 0.717) is 18.6 Å². The maximum atomic E-state index is 9.25. The minimum atomic E-state index is 0.387. The van der Waals surface area contributed by atoms with Crippen molar-refractivity contribution in [2.75, 3.05) is 6.61 Å². The van der Waals surface area contributed by atoms with Gasteiger partial charge >= 0.3 is 0 Å². The summed E-state index contributed by atoms with van der Waals surface area (Å²) in [5.74, 6) is 2.63. The van der Waals surface area contributed by atoms with Gasteiger partial charge in [-0.15, -0.1) is 0 Å². The molecule has 0 aromatic carbocycles. The van der Waals surface area contributed by atoms with Crippen molar-refractivity contribution in [1.29, 1.82) is 0 Å². The molecule has 0 amide bonds. The van der Waals surface area contributed by atoms with Crippen molar-refractivity contribution in [3.05, 3.63) is 0 Å². The zero-order valence-corrected chi connectivity index (χ0v) is 8.78. The Morgan fingerprint density at radius 3 is 2.64 bits per heavy atom. The highest BCUT2D eigenvalue weighted by Gasteiger charge is 2.48. The van der Waals surface area contributed by atoms with Crippen molar-refractivity contribution < 1.29 is 5.11 Å². The van der Waals surface area contributed by atoms with Gasteiger partial charge in [-0.25, -0.2) is 0 Å². The molecular formula is C12H21NO. The molecule has 3 rings (SSSR count). The summed E-state index contributed by atoms with van der Waals surface area (Å²) in [6.07, 6.45) is 8.16. The molecule has 0 aliphatic heterocycles. The van der Waals surface area contributed by atoms with Gasteiger partial charge in [-0.05, 0) is 49.9 Å². The van der Waals surface area contributed by atoms with Crippen LogP contribution in [-0.2, 0) is 0 Å². The lowest BCUT2D eigenvalue weighted by atomic mass is 10.0. The molecule has 0 aromatic heterocycles. The Labute approximate surface area is 86.1 Å². The van der Waals surface area contributed by atoms with E-state index in [0.717, 1.165) is 17.9 Å². The molecule has 14 heavy (non-hydrogen) atoms. The zero-order chi connectivity index (χ0) is 9.54. The number of fused-ring (bicyclic) bond motifs is 1. The smallest absolute Gasteiger partial charge is 0.0474 e. The highest BCUT2D eigenvalue weighted by molar-refractivity contribution is 5.02. The summed E-state index contributed by atoms with van der Waals surface area (Å²) in [5.41, 5.74) is 0. The SMILES string of the molecule is OCC1CCCC1NC1CC[C@@H]2C[C@H]12. The third-order valence-corrected chi connectivity index (χ3v) is 4.66. The Hall–Kier alpha value is -0.0800. The largest absolute Gasteiger partial charge is 0.396 e. The van der Waals surface area contributed by atoms with Crippen LogP contribution >= 0.6 is 0 Å². The van der Waals surface area contributed by atoms with Crippen molar-refractivity contribution in [3.63, 3.8) is 0 Å². The summed E-state index contributed by atoms with van der Waals surface area (Å²) in [6.45, 7) is 0.387. The first kappa shape index (κ1) is 9.17. The second-order valence-corrected chi connectivity index (χ2v) is 5.49. The molecular weight excluding hydrogens is 174 g/mol. The van der Waals surface area contributed by atoms with E-state index < -0.39 is 0 Å². The predicted octanol–water partition coefficient (Wildman–Crippen LogP) is 1.54. The molecule has 0 aromatic rings. The number of aliphatic hydroxyl groups excluding tert-OH is 1. The number of hydrogen-bond acceptors (Lipinski definition) is 2. The van der Waals surface area contributed by atoms with Crippen molar-refractivity contribution >= 4 is 0 Å². The molecule has 0 radical (unpaired) electrons. The molecule has 3 saturated carbocycles. The fourth-order valence-electron chi connectivity index (χ4n) is 3.66. The number of rotatable bonds is 3. The number of aliphatic hydroxyl groups is 1. The van der Waals surface area contributed by atoms with Gasteiger partial charge in [0.15, 0.2) is 0 Å². The Morgan fingerprint density at radius 2 is 2.00 bits per heavy atom. The van der Waals surface area contributed by atoms with Crippen LogP contribution in [0.4, 0.5) is 0 Å². The average molecular weight is 195 g/mol. The van der Waals surface area contributed by atoms with Crippen LogP contribution in [0.1, 0.15) is 38.5 Å². The van der Waals surface area contributed by atoms with Crippen molar-refractivity contribution in [1.82, 2.24) is 5.32 Å². The molecule has 0 heterocycles. The minimum absolute atomic E-state index is 0.387. The number of hydrogen-bond donors (Lipinski definition) is 2. The maximum Gasteiger partial charge on any atom is 0.0474 e. The van der Waals surface area contributed by atoms with Crippen LogP contribution in [0.3, 0.4) is 0 Å². The Bertz CT molecular complexity index is 218. The van der Waals surface area contributed by atoms with E-state index in [1.54, 1.807) is 0 Å². The van der Waals surface area contributed by atoms with Gasteiger partial charge in [0.2, 0.25) is 0 Å². The highest BCUT2D eigenvalue weighted by Crippen LogP contribution is 2.52. The Morgan fingerprint density at radius 1 is 1.07 bits per heavy atom. The van der Waals surface area contributed by atoms with Crippen molar-refractivity contribution in [2.24, 2.45) is 17.8 Å². The monoisotopic (exact) mass is 195 g/mol. The van der Waals surface area contributed by atoms with E-state index in [-0.39, 0.29) is 0 Å². The van der Waals surface area contributed by atoms with Crippen LogP contribution in [0.2, 0.25) is 0 Å². The lowest BCUT2D eigenvalue weighted by Gasteiger charge is -2.24. The van der Waals surface area contributed by atoms with Crippen LogP contribution in [0.15, 0.2) is 0 Å². The summed E-state index contributed by atoms with van der Waals surface area (Å²) in [7, 11) is 0. The van der Waals surface area contributed by atoms with Crippen LogP contribution in [-0.4, -0.2) is 23.8 Å². The molecule has 3 unspecified atom stereocenters. The van der Waals surface area contributed by atoms with E-state index in [2.05, 4.69) is 5.32 Å². The number of nitrogens with one attached hydrogen (secondary N) is 1. The fourth-order valence-corrected chi connectivity index (χ4v) is 3.66. The van der Waals surface area contributed by atoms with E-state index in [9.17, 15) is 5.11 Å². The van der Waals surface area contributed by atoms with Gasteiger partial charge in [-0.1, -0.05) is 6.42 Å². The summed E-state index contributed by atoms with van der Waals surface area (Å²) in [4.78, 5) is 0. The molecule has 80 valence electrons. The van der Waals surface area contributed by atoms with Crippen LogP contribution < -0.4 is 5.32 Å². The van der Waals surface area contributed by atoms with Crippen LogP contribution in [0.5, 0.6) is 0 Å². The van der Waals surface area contributed by atoms with Crippen molar-refractivity contribution in [2.45, 2.75) is 50.6 Å². The third kappa shape index (κ3) is 1.49. The van der Waals surface area contributed by atoms with Crippen LogP contribution in [0.25, 0.3) is 0 Å². The summed E-state index contributed by atoms with van der Waals surface area (Å²) < 4.78 is 0. The fraction of sp³-hybridized carbons (Fsp3) is 1.00. The molecule has 0 bridgehead atoms. The summed E-state index contributed by atoms with van der Waals surface area (Å²) in [5, 5.41) is 13.1. The van der Waals surface area contributed by atoms with E-state index in [1.165, 1.54) is 38.5 Å². The minimum Gasteiger partial charge on any atom is -0.396 e. The third-order valence-electron chi connectivity index (χ3n) is 4.66. The van der Waals surface area contributed by atoms with Gasteiger partial charge in [0.1, 0.15) is 0 Å². The topological polar surface area (TPSA) is 32.3 Å². The Kier molecular flexibility index (Phi) is 2.29. The molecule has 2 nitrogen and oxygen atoms in total. The first-order chi connectivity index (χ1) is 6.88. The van der Waals surface area contributed by atoms with Gasteiger partial charge in [0.05, 0.1) is 0 Å². The molecule has 3 fully saturated rings. The lowest BCUT2D eigenvalue weighted by molar-refractivity contribution is 0.197. The standard InChI is InChI=1S/C12H21NO/c14-7-9-2-1-3-11(9)13-12-5-4-8-6-10(8)12/h8-14H,1-7H2/t8-,9?,10+,11?,12?/m1/s1. The lowest BCUT2D eigenvalue weighted by Crippen LogP contribution is -2.41. The molecule has 2 N–H and O–H groups in total. The summed E-state index contributed by atoms with van der Waals surface area (Å²) in [6, 6.07) is 1.43.